The largest absolute Gasteiger partial charge is 0.345 e. The van der Waals surface area contributed by atoms with E-state index in [1.807, 2.05) is 105 Å². The molecule has 126 valence electrons. The molecule has 0 atom stereocenters. The molecule has 0 saturated heterocycles. The molecule has 25 heavy (non-hydrogen) atoms. The van der Waals surface area contributed by atoms with Crippen molar-refractivity contribution in [3.63, 3.8) is 0 Å². The third-order valence-electron chi connectivity index (χ3n) is 4.76. The van der Waals surface area contributed by atoms with Crippen LogP contribution in [0.1, 0.15) is 23.6 Å². The second-order valence-electron chi connectivity index (χ2n) is 6.17. The van der Waals surface area contributed by atoms with E-state index in [2.05, 4.69) is 0 Å². The van der Waals surface area contributed by atoms with E-state index in [1.165, 1.54) is 0 Å². The van der Waals surface area contributed by atoms with Crippen LogP contribution in [-0.4, -0.2) is 24.4 Å². The van der Waals surface area contributed by atoms with E-state index in [0.717, 1.165) is 16.7 Å². The average Bonchev–Trinajstić information content (AvgIpc) is 2.70. The number of likely N-dealkylation sites (N-methyl/N-ethyl adjacent to an activating group) is 1. The Morgan fingerprint density at radius 2 is 1.04 bits per heavy atom. The number of hydrogen-bond donors (Lipinski definition) is 0. The van der Waals surface area contributed by atoms with E-state index in [4.69, 9.17) is 0 Å². The van der Waals surface area contributed by atoms with Gasteiger partial charge < -0.3 is 4.90 Å². The number of carbonyl (C=O) groups is 1. The fourth-order valence-corrected chi connectivity index (χ4v) is 3.36. The van der Waals surface area contributed by atoms with Gasteiger partial charge >= 0.3 is 0 Å². The predicted molar refractivity (Wildman–Crippen MR) is 103 cm³/mol. The summed E-state index contributed by atoms with van der Waals surface area (Å²) in [5.74, 6) is 0.0820. The van der Waals surface area contributed by atoms with Crippen LogP contribution >= 0.6 is 0 Å². The number of rotatable bonds is 5. The number of amides is 1. The number of carbonyl (C=O) groups excluding carboxylic acids is 1. The lowest BCUT2D eigenvalue weighted by Crippen LogP contribution is -2.47. The fourth-order valence-electron chi connectivity index (χ4n) is 3.36. The summed E-state index contributed by atoms with van der Waals surface area (Å²) in [7, 11) is 1.87. The van der Waals surface area contributed by atoms with Crippen molar-refractivity contribution in [3.05, 3.63) is 108 Å². The monoisotopic (exact) mass is 329 g/mol. The van der Waals surface area contributed by atoms with Gasteiger partial charge in [-0.2, -0.15) is 0 Å². The summed E-state index contributed by atoms with van der Waals surface area (Å²) in [5, 5.41) is 0. The van der Waals surface area contributed by atoms with E-state index >= 15 is 0 Å². The lowest BCUT2D eigenvalue weighted by molar-refractivity contribution is -0.133. The van der Waals surface area contributed by atoms with Crippen molar-refractivity contribution in [1.82, 2.24) is 4.90 Å². The summed E-state index contributed by atoms with van der Waals surface area (Å²) in [6, 6.07) is 30.2. The van der Waals surface area contributed by atoms with Crippen LogP contribution in [0.25, 0.3) is 0 Å². The van der Waals surface area contributed by atoms with Crippen LogP contribution in [0.2, 0.25) is 0 Å². The topological polar surface area (TPSA) is 20.3 Å². The first-order valence-corrected chi connectivity index (χ1v) is 8.63. The molecule has 0 aliphatic heterocycles. The highest BCUT2D eigenvalue weighted by atomic mass is 16.2. The van der Waals surface area contributed by atoms with E-state index in [0.29, 0.717) is 6.54 Å². The average molecular weight is 329 g/mol. The summed E-state index contributed by atoms with van der Waals surface area (Å²) in [6.07, 6.45) is 0. The molecule has 0 aliphatic carbocycles. The van der Waals surface area contributed by atoms with Gasteiger partial charge in [0, 0.05) is 13.6 Å². The zero-order valence-corrected chi connectivity index (χ0v) is 14.7. The maximum Gasteiger partial charge on any atom is 0.241 e. The van der Waals surface area contributed by atoms with Crippen molar-refractivity contribution in [2.45, 2.75) is 12.3 Å². The summed E-state index contributed by atoms with van der Waals surface area (Å²) in [5.41, 5.74) is 2.10. The Kier molecular flexibility index (Phi) is 4.99. The summed E-state index contributed by atoms with van der Waals surface area (Å²) >= 11 is 0. The van der Waals surface area contributed by atoms with Gasteiger partial charge in [0.05, 0.1) is 0 Å². The summed E-state index contributed by atoms with van der Waals surface area (Å²) < 4.78 is 0. The molecule has 3 rings (SSSR count). The standard InChI is InChI=1S/C23H23NO/c1-3-24(2)22(25)23(19-13-7-4-8-14-19,20-15-9-5-10-16-20)21-17-11-6-12-18-21/h4-18H,3H2,1-2H3. The van der Waals surface area contributed by atoms with Crippen LogP contribution < -0.4 is 0 Å². The molecule has 0 bridgehead atoms. The van der Waals surface area contributed by atoms with E-state index < -0.39 is 5.41 Å². The number of nitrogens with zero attached hydrogens (tertiary/aromatic N) is 1. The molecule has 0 radical (unpaired) electrons. The molecule has 0 spiro atoms. The molecule has 0 aliphatic rings. The summed E-state index contributed by atoms with van der Waals surface area (Å²) in [4.78, 5) is 15.5. The lowest BCUT2D eigenvalue weighted by Gasteiger charge is -2.37. The van der Waals surface area contributed by atoms with Gasteiger partial charge in [-0.3, -0.25) is 4.79 Å². The van der Waals surface area contributed by atoms with Crippen molar-refractivity contribution in [1.29, 1.82) is 0 Å². The molecule has 0 aromatic heterocycles. The smallest absolute Gasteiger partial charge is 0.241 e. The minimum atomic E-state index is -0.853. The highest BCUT2D eigenvalue weighted by Gasteiger charge is 2.44. The van der Waals surface area contributed by atoms with Crippen LogP contribution in [0.3, 0.4) is 0 Å². The van der Waals surface area contributed by atoms with Crippen LogP contribution in [0, 0.1) is 0 Å². The van der Waals surface area contributed by atoms with Gasteiger partial charge in [-0.15, -0.1) is 0 Å². The van der Waals surface area contributed by atoms with E-state index in [-0.39, 0.29) is 5.91 Å². The van der Waals surface area contributed by atoms with Gasteiger partial charge in [-0.1, -0.05) is 91.0 Å². The number of benzene rings is 3. The van der Waals surface area contributed by atoms with Crippen molar-refractivity contribution >= 4 is 5.91 Å². The minimum Gasteiger partial charge on any atom is -0.345 e. The highest BCUT2D eigenvalue weighted by Crippen LogP contribution is 2.40. The molecule has 0 unspecified atom stereocenters. The van der Waals surface area contributed by atoms with Crippen LogP contribution in [0.15, 0.2) is 91.0 Å². The van der Waals surface area contributed by atoms with Crippen molar-refractivity contribution in [2.75, 3.05) is 13.6 Å². The second kappa shape index (κ2) is 7.35. The SMILES string of the molecule is CCN(C)C(=O)C(c1ccccc1)(c1ccccc1)c1ccccc1. The lowest BCUT2D eigenvalue weighted by atomic mass is 9.68. The van der Waals surface area contributed by atoms with E-state index in [1.54, 1.807) is 4.90 Å². The molecule has 0 heterocycles. The van der Waals surface area contributed by atoms with Gasteiger partial charge in [-0.25, -0.2) is 0 Å². The van der Waals surface area contributed by atoms with Crippen LogP contribution in [-0.2, 0) is 10.2 Å². The van der Waals surface area contributed by atoms with Crippen molar-refractivity contribution < 1.29 is 4.79 Å². The van der Waals surface area contributed by atoms with E-state index in [9.17, 15) is 4.79 Å². The first-order chi connectivity index (χ1) is 12.2. The Balaban J connectivity index is 2.38. The Morgan fingerprint density at radius 3 is 1.32 bits per heavy atom. The molecule has 3 aromatic rings. The second-order valence-corrected chi connectivity index (χ2v) is 6.17. The first-order valence-electron chi connectivity index (χ1n) is 8.63. The number of hydrogen-bond acceptors (Lipinski definition) is 1. The molecular formula is C23H23NO. The van der Waals surface area contributed by atoms with Gasteiger partial charge in [0.2, 0.25) is 5.91 Å². The van der Waals surface area contributed by atoms with Gasteiger partial charge in [0.1, 0.15) is 5.41 Å². The van der Waals surface area contributed by atoms with Gasteiger partial charge in [0.15, 0.2) is 0 Å². The zero-order chi connectivity index (χ0) is 17.7. The first kappa shape index (κ1) is 17.0. The Morgan fingerprint density at radius 1 is 0.720 bits per heavy atom. The third-order valence-corrected chi connectivity index (χ3v) is 4.76. The quantitative estimate of drug-likeness (QED) is 0.631. The summed E-state index contributed by atoms with van der Waals surface area (Å²) in [6.45, 7) is 2.66. The molecule has 3 aromatic carbocycles. The molecule has 1 amide bonds. The molecule has 2 heteroatoms. The van der Waals surface area contributed by atoms with Crippen molar-refractivity contribution in [2.24, 2.45) is 0 Å². The van der Waals surface area contributed by atoms with Gasteiger partial charge in [-0.05, 0) is 23.6 Å². The molecule has 0 fully saturated rings. The maximum absolute atomic E-state index is 13.7. The third kappa shape index (κ3) is 2.96. The Bertz CT molecular complexity index is 716. The molecule has 0 N–H and O–H groups in total. The van der Waals surface area contributed by atoms with Gasteiger partial charge in [0.25, 0.3) is 0 Å². The van der Waals surface area contributed by atoms with Crippen LogP contribution in [0.5, 0.6) is 0 Å². The highest BCUT2D eigenvalue weighted by molar-refractivity contribution is 5.96. The van der Waals surface area contributed by atoms with Crippen molar-refractivity contribution in [3.8, 4) is 0 Å². The molecule has 0 saturated carbocycles. The predicted octanol–water partition coefficient (Wildman–Crippen LogP) is 4.50. The Labute approximate surface area is 149 Å². The molecular weight excluding hydrogens is 306 g/mol. The minimum absolute atomic E-state index is 0.0820. The Hall–Kier alpha value is -2.87. The van der Waals surface area contributed by atoms with Crippen LogP contribution in [0.4, 0.5) is 0 Å². The maximum atomic E-state index is 13.7. The fraction of sp³-hybridized carbons (Fsp3) is 0.174. The molecule has 2 nitrogen and oxygen atoms in total. The normalized spacial score (nSPS) is 11.1. The zero-order valence-electron chi connectivity index (χ0n) is 14.7.